The first-order chi connectivity index (χ1) is 8.06. The highest BCUT2D eigenvalue weighted by molar-refractivity contribution is 5.87. The molecule has 0 bridgehead atoms. The van der Waals surface area contributed by atoms with Gasteiger partial charge in [-0.3, -0.25) is 4.98 Å². The van der Waals surface area contributed by atoms with Crippen LogP contribution >= 0.6 is 0 Å². The van der Waals surface area contributed by atoms with E-state index in [1.807, 2.05) is 0 Å². The molecule has 0 amide bonds. The molecule has 2 atom stereocenters. The predicted octanol–water partition coefficient (Wildman–Crippen LogP) is 1.87. The number of hydrogen-bond donors (Lipinski definition) is 1. The van der Waals surface area contributed by atoms with Crippen molar-refractivity contribution in [3.63, 3.8) is 0 Å². The third-order valence-electron chi connectivity index (χ3n) is 3.33. The van der Waals surface area contributed by atoms with E-state index in [2.05, 4.69) is 23.9 Å². The van der Waals surface area contributed by atoms with Crippen LogP contribution in [0, 0.1) is 11.8 Å². The summed E-state index contributed by atoms with van der Waals surface area (Å²) >= 11 is 0. The lowest BCUT2D eigenvalue weighted by Gasteiger charge is -2.15. The minimum atomic E-state index is -0.927. The summed E-state index contributed by atoms with van der Waals surface area (Å²) in [4.78, 5) is 17.1. The van der Waals surface area contributed by atoms with E-state index in [0.717, 1.165) is 30.6 Å². The standard InChI is InChI=1S/C13H18N2O2/c1-9-5-11(9)7-15(2)8-12-4-3-10(6-14-12)13(16)17/h3-4,6,9,11H,5,7-8H2,1-2H3,(H,16,17). The van der Waals surface area contributed by atoms with Gasteiger partial charge >= 0.3 is 5.97 Å². The summed E-state index contributed by atoms with van der Waals surface area (Å²) in [6.07, 6.45) is 2.75. The largest absolute Gasteiger partial charge is 0.478 e. The molecule has 0 aromatic carbocycles. The van der Waals surface area contributed by atoms with Crippen molar-refractivity contribution < 1.29 is 9.90 Å². The highest BCUT2D eigenvalue weighted by atomic mass is 16.4. The molecular weight excluding hydrogens is 216 g/mol. The van der Waals surface area contributed by atoms with E-state index in [4.69, 9.17) is 5.11 Å². The van der Waals surface area contributed by atoms with Gasteiger partial charge in [-0.05, 0) is 37.4 Å². The average molecular weight is 234 g/mol. The molecule has 1 aromatic heterocycles. The van der Waals surface area contributed by atoms with Crippen LogP contribution in [0.25, 0.3) is 0 Å². The number of aromatic carboxylic acids is 1. The molecule has 4 nitrogen and oxygen atoms in total. The van der Waals surface area contributed by atoms with E-state index in [0.29, 0.717) is 0 Å². The summed E-state index contributed by atoms with van der Waals surface area (Å²) < 4.78 is 0. The third-order valence-corrected chi connectivity index (χ3v) is 3.33. The summed E-state index contributed by atoms with van der Waals surface area (Å²) in [7, 11) is 2.08. The van der Waals surface area contributed by atoms with Crippen LogP contribution in [0.2, 0.25) is 0 Å². The summed E-state index contributed by atoms with van der Waals surface area (Å²) in [6.45, 7) is 4.16. The molecule has 1 saturated carbocycles. The van der Waals surface area contributed by atoms with Crippen LogP contribution in [-0.4, -0.2) is 34.6 Å². The number of carboxylic acid groups (broad SMARTS) is 1. The Bertz CT molecular complexity index is 402. The molecule has 1 aliphatic carbocycles. The Morgan fingerprint density at radius 3 is 2.76 bits per heavy atom. The van der Waals surface area contributed by atoms with Crippen molar-refractivity contribution in [2.45, 2.75) is 19.9 Å². The lowest BCUT2D eigenvalue weighted by molar-refractivity contribution is 0.0696. The Morgan fingerprint density at radius 2 is 2.29 bits per heavy atom. The number of pyridine rings is 1. The van der Waals surface area contributed by atoms with Gasteiger partial charge in [0.05, 0.1) is 11.3 Å². The number of aromatic nitrogens is 1. The zero-order chi connectivity index (χ0) is 12.4. The first kappa shape index (κ1) is 12.0. The second-order valence-electron chi connectivity index (χ2n) is 5.01. The van der Waals surface area contributed by atoms with Crippen LogP contribution < -0.4 is 0 Å². The van der Waals surface area contributed by atoms with Crippen molar-refractivity contribution in [2.24, 2.45) is 11.8 Å². The van der Waals surface area contributed by atoms with E-state index in [9.17, 15) is 4.79 Å². The van der Waals surface area contributed by atoms with Crippen LogP contribution in [0.1, 0.15) is 29.4 Å². The van der Waals surface area contributed by atoms with Gasteiger partial charge in [0, 0.05) is 19.3 Å². The second-order valence-corrected chi connectivity index (χ2v) is 5.01. The quantitative estimate of drug-likeness (QED) is 0.845. The van der Waals surface area contributed by atoms with Crippen LogP contribution in [0.5, 0.6) is 0 Å². The Morgan fingerprint density at radius 1 is 1.59 bits per heavy atom. The van der Waals surface area contributed by atoms with E-state index >= 15 is 0 Å². The molecule has 1 aliphatic rings. The Labute approximate surface area is 101 Å². The number of carboxylic acids is 1. The lowest BCUT2D eigenvalue weighted by atomic mass is 10.2. The van der Waals surface area contributed by atoms with Crippen molar-refractivity contribution in [1.82, 2.24) is 9.88 Å². The van der Waals surface area contributed by atoms with Gasteiger partial charge in [-0.2, -0.15) is 0 Å². The lowest BCUT2D eigenvalue weighted by Crippen LogP contribution is -2.21. The Balaban J connectivity index is 1.87. The Hall–Kier alpha value is -1.42. The minimum absolute atomic E-state index is 0.243. The van der Waals surface area contributed by atoms with Gasteiger partial charge < -0.3 is 10.0 Å². The Kier molecular flexibility index (Phi) is 3.43. The molecule has 1 N–H and O–H groups in total. The zero-order valence-corrected chi connectivity index (χ0v) is 10.3. The second kappa shape index (κ2) is 4.84. The fourth-order valence-corrected chi connectivity index (χ4v) is 2.04. The van der Waals surface area contributed by atoms with Crippen molar-refractivity contribution in [3.8, 4) is 0 Å². The third kappa shape index (κ3) is 3.27. The number of carbonyl (C=O) groups is 1. The monoisotopic (exact) mass is 234 g/mol. The molecule has 1 aromatic rings. The molecule has 2 unspecified atom stereocenters. The zero-order valence-electron chi connectivity index (χ0n) is 10.3. The summed E-state index contributed by atoms with van der Waals surface area (Å²) in [5.74, 6) is 0.766. The van der Waals surface area contributed by atoms with Gasteiger partial charge in [0.1, 0.15) is 0 Å². The van der Waals surface area contributed by atoms with E-state index in [-0.39, 0.29) is 5.56 Å². The highest BCUT2D eigenvalue weighted by Crippen LogP contribution is 2.38. The molecule has 0 spiro atoms. The molecule has 1 fully saturated rings. The van der Waals surface area contributed by atoms with Gasteiger partial charge in [0.15, 0.2) is 0 Å². The highest BCUT2D eigenvalue weighted by Gasteiger charge is 2.32. The molecule has 4 heteroatoms. The summed E-state index contributed by atoms with van der Waals surface area (Å²) in [5, 5.41) is 8.76. The van der Waals surface area contributed by atoms with Crippen molar-refractivity contribution in [1.29, 1.82) is 0 Å². The fraction of sp³-hybridized carbons (Fsp3) is 0.538. The molecule has 0 saturated heterocycles. The SMILES string of the molecule is CC1CC1CN(C)Cc1ccc(C(=O)O)cn1. The topological polar surface area (TPSA) is 53.4 Å². The van der Waals surface area contributed by atoms with Crippen LogP contribution in [-0.2, 0) is 6.54 Å². The first-order valence-corrected chi connectivity index (χ1v) is 5.93. The van der Waals surface area contributed by atoms with Gasteiger partial charge in [-0.1, -0.05) is 6.92 Å². The van der Waals surface area contributed by atoms with Gasteiger partial charge in [-0.25, -0.2) is 4.79 Å². The van der Waals surface area contributed by atoms with Gasteiger partial charge in [0.2, 0.25) is 0 Å². The number of hydrogen-bond acceptors (Lipinski definition) is 3. The average Bonchev–Trinajstić information content (AvgIpc) is 2.94. The molecule has 17 heavy (non-hydrogen) atoms. The maximum atomic E-state index is 10.7. The van der Waals surface area contributed by atoms with Crippen molar-refractivity contribution in [2.75, 3.05) is 13.6 Å². The van der Waals surface area contributed by atoms with Crippen LogP contribution in [0.15, 0.2) is 18.3 Å². The number of rotatable bonds is 5. The molecule has 0 aliphatic heterocycles. The normalized spacial score (nSPS) is 22.8. The van der Waals surface area contributed by atoms with Gasteiger partial charge in [0.25, 0.3) is 0 Å². The van der Waals surface area contributed by atoms with Crippen molar-refractivity contribution >= 4 is 5.97 Å². The number of nitrogens with zero attached hydrogens (tertiary/aromatic N) is 2. The fourth-order valence-electron chi connectivity index (χ4n) is 2.04. The van der Waals surface area contributed by atoms with Crippen LogP contribution in [0.4, 0.5) is 0 Å². The molecule has 0 radical (unpaired) electrons. The first-order valence-electron chi connectivity index (χ1n) is 5.93. The van der Waals surface area contributed by atoms with Gasteiger partial charge in [-0.15, -0.1) is 0 Å². The molecule has 92 valence electrons. The summed E-state index contributed by atoms with van der Waals surface area (Å²) in [6, 6.07) is 3.40. The predicted molar refractivity (Wildman–Crippen MR) is 64.8 cm³/mol. The van der Waals surface area contributed by atoms with Crippen LogP contribution in [0.3, 0.4) is 0 Å². The van der Waals surface area contributed by atoms with E-state index in [1.54, 1.807) is 12.1 Å². The summed E-state index contributed by atoms with van der Waals surface area (Å²) in [5.41, 5.74) is 1.16. The minimum Gasteiger partial charge on any atom is -0.478 e. The van der Waals surface area contributed by atoms with Crippen molar-refractivity contribution in [3.05, 3.63) is 29.6 Å². The maximum Gasteiger partial charge on any atom is 0.337 e. The van der Waals surface area contributed by atoms with E-state index < -0.39 is 5.97 Å². The molecular formula is C13H18N2O2. The molecule has 2 rings (SSSR count). The molecule has 1 heterocycles. The maximum absolute atomic E-state index is 10.7. The van der Waals surface area contributed by atoms with E-state index in [1.165, 1.54) is 12.6 Å². The smallest absolute Gasteiger partial charge is 0.337 e.